The van der Waals surface area contributed by atoms with Crippen molar-refractivity contribution in [3.05, 3.63) is 48.2 Å². The first kappa shape index (κ1) is 29.3. The van der Waals surface area contributed by atoms with Crippen LogP contribution in [0.25, 0.3) is 10.9 Å². The van der Waals surface area contributed by atoms with Crippen molar-refractivity contribution in [3.63, 3.8) is 0 Å². The molecule has 0 saturated carbocycles. The fraction of sp³-hybridized carbons (Fsp3) is 0.448. The molecule has 12 heteroatoms. The van der Waals surface area contributed by atoms with Gasteiger partial charge >= 0.3 is 6.18 Å². The van der Waals surface area contributed by atoms with E-state index in [0.29, 0.717) is 21.5 Å². The van der Waals surface area contributed by atoms with Crippen LogP contribution < -0.4 is 10.6 Å². The molecule has 2 saturated heterocycles. The molecule has 1 atom stereocenters. The van der Waals surface area contributed by atoms with Crippen LogP contribution in [0.3, 0.4) is 0 Å². The van der Waals surface area contributed by atoms with E-state index in [9.17, 15) is 22.5 Å². The molecule has 2 aliphatic rings. The topological polar surface area (TPSA) is 82.0 Å². The van der Waals surface area contributed by atoms with Gasteiger partial charge in [-0.3, -0.25) is 4.21 Å². The number of aromatic hydroxyl groups is 1. The second kappa shape index (κ2) is 12.7. The zero-order valence-electron chi connectivity index (χ0n) is 22.8. The lowest BCUT2D eigenvalue weighted by molar-refractivity contribution is -0.140. The van der Waals surface area contributed by atoms with Crippen LogP contribution >= 0.6 is 0 Å². The van der Waals surface area contributed by atoms with Crippen LogP contribution in [-0.4, -0.2) is 88.3 Å². The van der Waals surface area contributed by atoms with Gasteiger partial charge < -0.3 is 25.0 Å². The standard InChI is InChI=1S/C29H34F3N5O3S/c1-41(39)23-7-8-26(28(38)19-23)33-11-3-4-22-18-24-25(5-2-6-27(24)37(22)20-29(30,31)32)34-21-9-12-35(13-10-21)36-14-16-40-17-15-36/h2,5-8,18-19,21,33-34,38H,9-17,20H2,1H3. The first-order valence-electron chi connectivity index (χ1n) is 13.6. The van der Waals surface area contributed by atoms with Crippen molar-refractivity contribution in [3.8, 4) is 17.6 Å². The van der Waals surface area contributed by atoms with Crippen molar-refractivity contribution in [2.24, 2.45) is 0 Å². The molecule has 0 spiro atoms. The predicted molar refractivity (Wildman–Crippen MR) is 154 cm³/mol. The van der Waals surface area contributed by atoms with Crippen molar-refractivity contribution < 1.29 is 27.2 Å². The van der Waals surface area contributed by atoms with E-state index in [1.165, 1.54) is 16.9 Å². The first-order chi connectivity index (χ1) is 19.7. The van der Waals surface area contributed by atoms with Crippen LogP contribution in [0.5, 0.6) is 5.75 Å². The summed E-state index contributed by atoms with van der Waals surface area (Å²) in [5.41, 5.74) is 1.93. The van der Waals surface area contributed by atoms with E-state index in [0.717, 1.165) is 57.9 Å². The van der Waals surface area contributed by atoms with Crippen LogP contribution in [-0.2, 0) is 22.1 Å². The number of phenolic OH excluding ortho intramolecular Hbond substituents is 1. The summed E-state index contributed by atoms with van der Waals surface area (Å²) in [6.07, 6.45) is -1.04. The van der Waals surface area contributed by atoms with Gasteiger partial charge in [0.2, 0.25) is 0 Å². The van der Waals surface area contributed by atoms with Gasteiger partial charge in [-0.2, -0.15) is 13.2 Å². The first-order valence-corrected chi connectivity index (χ1v) is 15.2. The van der Waals surface area contributed by atoms with Gasteiger partial charge in [0.25, 0.3) is 0 Å². The molecule has 41 heavy (non-hydrogen) atoms. The van der Waals surface area contributed by atoms with E-state index in [-0.39, 0.29) is 24.0 Å². The second-order valence-electron chi connectivity index (χ2n) is 10.2. The van der Waals surface area contributed by atoms with Gasteiger partial charge in [0.15, 0.2) is 0 Å². The van der Waals surface area contributed by atoms with Crippen LogP contribution in [0.2, 0.25) is 0 Å². The second-order valence-corrected chi connectivity index (χ2v) is 11.6. The van der Waals surface area contributed by atoms with Gasteiger partial charge in [0.1, 0.15) is 12.3 Å². The highest BCUT2D eigenvalue weighted by Gasteiger charge is 2.30. The minimum absolute atomic E-state index is 0.0721. The van der Waals surface area contributed by atoms with E-state index in [1.807, 2.05) is 6.07 Å². The van der Waals surface area contributed by atoms with E-state index in [1.54, 1.807) is 30.3 Å². The molecule has 3 heterocycles. The predicted octanol–water partition coefficient (Wildman–Crippen LogP) is 4.23. The molecule has 2 fully saturated rings. The molecule has 0 radical (unpaired) electrons. The molecule has 8 nitrogen and oxygen atoms in total. The molecule has 5 rings (SSSR count). The zero-order valence-corrected chi connectivity index (χ0v) is 23.7. The quantitative estimate of drug-likeness (QED) is 0.281. The Morgan fingerprint density at radius 1 is 1.05 bits per heavy atom. The molecule has 0 amide bonds. The lowest BCUT2D eigenvalue weighted by Crippen LogP contribution is -2.53. The Bertz CT molecular complexity index is 1450. The summed E-state index contributed by atoms with van der Waals surface area (Å²) in [5, 5.41) is 22.1. The molecular weight excluding hydrogens is 555 g/mol. The fourth-order valence-electron chi connectivity index (χ4n) is 5.33. The van der Waals surface area contributed by atoms with Crippen LogP contribution in [0, 0.1) is 11.8 Å². The molecule has 1 unspecified atom stereocenters. The number of halogens is 3. The number of nitrogens with zero attached hydrogens (tertiary/aromatic N) is 3. The minimum atomic E-state index is -4.41. The normalized spacial score (nSPS) is 18.1. The lowest BCUT2D eigenvalue weighted by Gasteiger charge is -2.41. The summed E-state index contributed by atoms with van der Waals surface area (Å²) in [4.78, 5) is 0.489. The molecular formula is C29H34F3N5O3S. The number of phenols is 1. The summed E-state index contributed by atoms with van der Waals surface area (Å²) in [6.45, 7) is 4.08. The molecule has 1 aromatic heterocycles. The maximum Gasteiger partial charge on any atom is 0.406 e. The van der Waals surface area contributed by atoms with Crippen molar-refractivity contribution in [2.45, 2.75) is 36.5 Å². The third kappa shape index (κ3) is 7.35. The zero-order chi connectivity index (χ0) is 29.0. The van der Waals surface area contributed by atoms with E-state index >= 15 is 0 Å². The molecule has 2 aliphatic heterocycles. The molecule has 0 bridgehead atoms. The van der Waals surface area contributed by atoms with Gasteiger partial charge in [-0.1, -0.05) is 12.0 Å². The smallest absolute Gasteiger partial charge is 0.406 e. The third-order valence-corrected chi connectivity index (χ3v) is 8.30. The lowest BCUT2D eigenvalue weighted by atomic mass is 10.0. The average Bonchev–Trinajstić information content (AvgIpc) is 3.29. The number of hydrogen-bond acceptors (Lipinski definition) is 7. The van der Waals surface area contributed by atoms with Crippen LogP contribution in [0.1, 0.15) is 18.5 Å². The van der Waals surface area contributed by atoms with Crippen molar-refractivity contribution in [1.82, 2.24) is 14.6 Å². The summed E-state index contributed by atoms with van der Waals surface area (Å²) >= 11 is 0. The highest BCUT2D eigenvalue weighted by atomic mass is 32.2. The SMILES string of the molecule is CS(=O)c1ccc(NCC#Cc2cc3c(NC4CCN(N5CCOCC5)CC4)cccc3n2CC(F)(F)F)c(O)c1. The number of benzene rings is 2. The van der Waals surface area contributed by atoms with Gasteiger partial charge in [-0.25, -0.2) is 10.0 Å². The molecule has 3 N–H and O–H groups in total. The monoisotopic (exact) mass is 589 g/mol. The third-order valence-electron chi connectivity index (χ3n) is 7.39. The van der Waals surface area contributed by atoms with E-state index in [4.69, 9.17) is 4.74 Å². The summed E-state index contributed by atoms with van der Waals surface area (Å²) in [7, 11) is -1.23. The number of aromatic nitrogens is 1. The van der Waals surface area contributed by atoms with Crippen molar-refractivity contribution in [1.29, 1.82) is 0 Å². The molecule has 3 aromatic rings. The number of hydrazine groups is 1. The van der Waals surface area contributed by atoms with Crippen LogP contribution in [0.15, 0.2) is 47.4 Å². The summed E-state index contributed by atoms with van der Waals surface area (Å²) in [6, 6.07) is 11.9. The largest absolute Gasteiger partial charge is 0.506 e. The molecule has 2 aromatic carbocycles. The number of alkyl halides is 3. The number of hydrogen-bond donors (Lipinski definition) is 3. The minimum Gasteiger partial charge on any atom is -0.506 e. The maximum atomic E-state index is 13.6. The van der Waals surface area contributed by atoms with Gasteiger partial charge in [0.05, 0.1) is 36.7 Å². The summed E-state index contributed by atoms with van der Waals surface area (Å²) < 4.78 is 59.0. The molecule has 220 valence electrons. The summed E-state index contributed by atoms with van der Waals surface area (Å²) in [5.74, 6) is 5.69. The highest BCUT2D eigenvalue weighted by molar-refractivity contribution is 7.84. The molecule has 0 aliphatic carbocycles. The van der Waals surface area contributed by atoms with Gasteiger partial charge in [-0.15, -0.1) is 0 Å². The number of morpholine rings is 1. The Morgan fingerprint density at radius 2 is 1.78 bits per heavy atom. The Kier molecular flexibility index (Phi) is 9.09. The van der Waals surface area contributed by atoms with Crippen molar-refractivity contribution >= 4 is 33.1 Å². The van der Waals surface area contributed by atoms with Gasteiger partial charge in [0, 0.05) is 65.2 Å². The Labute approximate surface area is 239 Å². The Hall–Kier alpha value is -3.24. The van der Waals surface area contributed by atoms with E-state index in [2.05, 4.69) is 32.5 Å². The van der Waals surface area contributed by atoms with Crippen LogP contribution in [0.4, 0.5) is 24.5 Å². The number of ether oxygens (including phenoxy) is 1. The van der Waals surface area contributed by atoms with E-state index < -0.39 is 23.5 Å². The van der Waals surface area contributed by atoms with Crippen molar-refractivity contribution in [2.75, 3.05) is 62.8 Å². The Morgan fingerprint density at radius 3 is 2.46 bits per heavy atom. The fourth-order valence-corrected chi connectivity index (χ4v) is 5.86. The average molecular weight is 590 g/mol. The maximum absolute atomic E-state index is 13.6. The van der Waals surface area contributed by atoms with Gasteiger partial charge in [-0.05, 0) is 55.2 Å². The number of nitrogens with one attached hydrogen (secondary N) is 2. The number of anilines is 2. The number of rotatable bonds is 7. The Balaban J connectivity index is 1.31. The number of fused-ring (bicyclic) bond motifs is 1. The number of piperidine rings is 1. The highest BCUT2D eigenvalue weighted by Crippen LogP contribution is 2.31.